The molecule has 0 fully saturated rings. The van der Waals surface area contributed by atoms with Crippen LogP contribution in [-0.2, 0) is 10.0 Å². The van der Waals surface area contributed by atoms with Crippen molar-refractivity contribution < 1.29 is 27.9 Å². The Labute approximate surface area is 150 Å². The molecule has 0 aromatic heterocycles. The van der Waals surface area contributed by atoms with Crippen LogP contribution in [0.5, 0.6) is 17.2 Å². The van der Waals surface area contributed by atoms with E-state index in [0.717, 1.165) is 18.2 Å². The maximum atomic E-state index is 12.5. The fourth-order valence-electron chi connectivity index (χ4n) is 2.11. The van der Waals surface area contributed by atoms with Gasteiger partial charge in [-0.1, -0.05) is 11.8 Å². The summed E-state index contributed by atoms with van der Waals surface area (Å²) < 4.78 is 37.9. The van der Waals surface area contributed by atoms with E-state index in [9.17, 15) is 23.6 Å². The van der Waals surface area contributed by atoms with Gasteiger partial charge in [-0.05, 0) is 26.0 Å². The molecule has 0 amide bonds. The molecule has 0 heterocycles. The molecule has 2 aromatic rings. The summed E-state index contributed by atoms with van der Waals surface area (Å²) in [6.07, 6.45) is 0. The Hall–Kier alpha value is -3.01. The first-order valence-electron chi connectivity index (χ1n) is 7.66. The van der Waals surface area contributed by atoms with Gasteiger partial charge < -0.3 is 14.6 Å². The number of benzene rings is 2. The second-order valence-electron chi connectivity index (χ2n) is 5.02. The van der Waals surface area contributed by atoms with Crippen molar-refractivity contribution in [2.75, 3.05) is 17.9 Å². The number of nitro benzene ring substituents is 1. The van der Waals surface area contributed by atoms with Crippen molar-refractivity contribution in [2.24, 2.45) is 0 Å². The number of non-ortho nitro benzene ring substituents is 1. The molecule has 0 aliphatic heterocycles. The van der Waals surface area contributed by atoms with Crippen LogP contribution >= 0.6 is 0 Å². The first-order chi connectivity index (χ1) is 12.3. The molecule has 0 radical (unpaired) electrons. The highest BCUT2D eigenvalue weighted by Gasteiger charge is 2.19. The summed E-state index contributed by atoms with van der Waals surface area (Å²) in [5.41, 5.74) is -0.810. The summed E-state index contributed by atoms with van der Waals surface area (Å²) in [5, 5.41) is 22.6. The maximum Gasteiger partial charge on any atom is 0.271 e. The molecule has 0 saturated heterocycles. The number of hydrogen-bond donors (Lipinski definition) is 1. The van der Waals surface area contributed by atoms with Crippen LogP contribution in [0.1, 0.15) is 13.8 Å². The van der Waals surface area contributed by atoms with E-state index in [4.69, 9.17) is 9.47 Å². The van der Waals surface area contributed by atoms with E-state index in [0.29, 0.717) is 19.0 Å². The number of sulfonamides is 1. The van der Waals surface area contributed by atoms with Crippen LogP contribution in [0.2, 0.25) is 0 Å². The van der Waals surface area contributed by atoms with Crippen LogP contribution in [-0.4, -0.2) is 26.6 Å². The first-order valence-corrected chi connectivity index (χ1v) is 9.14. The van der Waals surface area contributed by atoms with E-state index >= 15 is 0 Å². The molecule has 2 aromatic carbocycles. The van der Waals surface area contributed by atoms with Crippen LogP contribution in [0.3, 0.4) is 0 Å². The molecule has 0 unspecified atom stereocenters. The van der Waals surface area contributed by atoms with E-state index in [2.05, 4.69) is 4.72 Å². The second kappa shape index (κ2) is 7.91. The van der Waals surface area contributed by atoms with Gasteiger partial charge in [0.05, 0.1) is 23.0 Å². The van der Waals surface area contributed by atoms with Gasteiger partial charge in [0, 0.05) is 23.9 Å². The third kappa shape index (κ3) is 4.33. The van der Waals surface area contributed by atoms with Crippen molar-refractivity contribution in [1.29, 1.82) is 0 Å². The van der Waals surface area contributed by atoms with E-state index in [1.54, 1.807) is 13.8 Å². The number of ether oxygens (including phenoxy) is 2. The number of hydrogen-bond acceptors (Lipinski definition) is 7. The minimum absolute atomic E-state index is 0.171. The summed E-state index contributed by atoms with van der Waals surface area (Å²) in [6.45, 7) is 4.19. The average molecular weight is 381 g/mol. The lowest BCUT2D eigenvalue weighted by Gasteiger charge is -2.16. The highest BCUT2D eigenvalue weighted by molar-refractivity contribution is 7.92. The van der Waals surface area contributed by atoms with Crippen molar-refractivity contribution >= 4 is 21.4 Å². The normalized spacial score (nSPS) is 11.0. The summed E-state index contributed by atoms with van der Waals surface area (Å²) in [5.74, 6) is -0.0677. The van der Waals surface area contributed by atoms with Crippen LogP contribution in [0.25, 0.3) is 0 Å². The molecule has 26 heavy (non-hydrogen) atoms. The maximum absolute atomic E-state index is 12.5. The van der Waals surface area contributed by atoms with Gasteiger partial charge in [-0.3, -0.25) is 14.8 Å². The molecule has 0 spiro atoms. The molecule has 1 N–H and O–H groups in total. The standard InChI is InChI=1S/C16H18N2O7S/c1-3-24-15-8-6-12(10-16(15)25-4-2)26(22,23)17-13-9-11(18(20)21)5-7-14(13)19/h5-10,17,19H,3-4H2,1-2H3/p-1. The van der Waals surface area contributed by atoms with Crippen LogP contribution in [0, 0.1) is 10.1 Å². The predicted molar refractivity (Wildman–Crippen MR) is 92.1 cm³/mol. The smallest absolute Gasteiger partial charge is 0.271 e. The monoisotopic (exact) mass is 381 g/mol. The zero-order valence-corrected chi connectivity index (χ0v) is 14.9. The zero-order valence-electron chi connectivity index (χ0n) is 14.1. The second-order valence-corrected chi connectivity index (χ2v) is 6.70. The number of anilines is 1. The van der Waals surface area contributed by atoms with Crippen molar-refractivity contribution in [2.45, 2.75) is 18.7 Å². The lowest BCUT2D eigenvalue weighted by atomic mass is 10.2. The van der Waals surface area contributed by atoms with Crippen LogP contribution < -0.4 is 19.3 Å². The van der Waals surface area contributed by atoms with E-state index in [-0.39, 0.29) is 10.6 Å². The molecular weight excluding hydrogens is 364 g/mol. The molecule has 0 aliphatic carbocycles. The van der Waals surface area contributed by atoms with Gasteiger partial charge in [-0.2, -0.15) is 0 Å². The SMILES string of the molecule is CCOc1ccc(S(=O)(=O)Nc2cc([N+](=O)[O-])ccc2[O-])cc1OCC. The fraction of sp³-hybridized carbons (Fsp3) is 0.250. The van der Waals surface area contributed by atoms with Crippen LogP contribution in [0.15, 0.2) is 41.3 Å². The number of nitro groups is 1. The Morgan fingerprint density at radius 1 is 1.04 bits per heavy atom. The van der Waals surface area contributed by atoms with Gasteiger partial charge in [-0.25, -0.2) is 8.42 Å². The molecule has 140 valence electrons. The minimum Gasteiger partial charge on any atom is -0.871 e. The number of nitrogens with one attached hydrogen (secondary N) is 1. The Bertz CT molecular complexity index is 913. The molecule has 0 atom stereocenters. The van der Waals surface area contributed by atoms with Crippen molar-refractivity contribution in [1.82, 2.24) is 0 Å². The lowest BCUT2D eigenvalue weighted by Crippen LogP contribution is -2.15. The molecule has 0 aliphatic rings. The van der Waals surface area contributed by atoms with Gasteiger partial charge in [0.1, 0.15) is 0 Å². The summed E-state index contributed by atoms with van der Waals surface area (Å²) in [6, 6.07) is 6.80. The minimum atomic E-state index is -4.16. The van der Waals surface area contributed by atoms with Gasteiger partial charge >= 0.3 is 0 Å². The summed E-state index contributed by atoms with van der Waals surface area (Å²) in [7, 11) is -4.16. The van der Waals surface area contributed by atoms with Gasteiger partial charge in [0.25, 0.3) is 15.7 Å². The topological polar surface area (TPSA) is 131 Å². The summed E-state index contributed by atoms with van der Waals surface area (Å²) >= 11 is 0. The van der Waals surface area contributed by atoms with Gasteiger partial charge in [-0.15, -0.1) is 0 Å². The largest absolute Gasteiger partial charge is 0.871 e. The number of nitrogens with zero attached hydrogens (tertiary/aromatic N) is 1. The Morgan fingerprint density at radius 2 is 1.69 bits per heavy atom. The fourth-order valence-corrected chi connectivity index (χ4v) is 3.19. The zero-order chi connectivity index (χ0) is 19.3. The summed E-state index contributed by atoms with van der Waals surface area (Å²) in [4.78, 5) is 9.92. The Morgan fingerprint density at radius 3 is 2.31 bits per heavy atom. The average Bonchev–Trinajstić information content (AvgIpc) is 2.58. The molecule has 2 rings (SSSR count). The first kappa shape index (κ1) is 19.3. The Kier molecular flexibility index (Phi) is 5.88. The predicted octanol–water partition coefficient (Wildman–Crippen LogP) is 2.27. The quantitative estimate of drug-likeness (QED) is 0.548. The van der Waals surface area contributed by atoms with Crippen molar-refractivity contribution in [3.8, 4) is 17.2 Å². The Balaban J connectivity index is 2.40. The lowest BCUT2D eigenvalue weighted by molar-refractivity contribution is -0.385. The van der Waals surface area contributed by atoms with E-state index in [1.807, 2.05) is 0 Å². The molecule has 0 bridgehead atoms. The van der Waals surface area contributed by atoms with Gasteiger partial charge in [0.15, 0.2) is 11.5 Å². The molecule has 0 saturated carbocycles. The van der Waals surface area contributed by atoms with Crippen molar-refractivity contribution in [3.63, 3.8) is 0 Å². The third-order valence-electron chi connectivity index (χ3n) is 3.24. The van der Waals surface area contributed by atoms with Crippen molar-refractivity contribution in [3.05, 3.63) is 46.5 Å². The molecular formula is C16H17N2O7S-. The highest BCUT2D eigenvalue weighted by atomic mass is 32.2. The van der Waals surface area contributed by atoms with E-state index in [1.165, 1.54) is 18.2 Å². The molecule has 10 heteroatoms. The van der Waals surface area contributed by atoms with Crippen LogP contribution in [0.4, 0.5) is 11.4 Å². The number of rotatable bonds is 8. The highest BCUT2D eigenvalue weighted by Crippen LogP contribution is 2.32. The van der Waals surface area contributed by atoms with E-state index < -0.39 is 32.1 Å². The third-order valence-corrected chi connectivity index (χ3v) is 4.61. The molecule has 9 nitrogen and oxygen atoms in total. The van der Waals surface area contributed by atoms with Gasteiger partial charge in [0.2, 0.25) is 0 Å².